The largest absolute Gasteiger partial charge is 0.472 e. The average molecular weight is 594 g/mol. The molecule has 9 atom stereocenters. The second-order valence-corrected chi connectivity index (χ2v) is 14.4. The highest BCUT2D eigenvalue weighted by molar-refractivity contribution is 5.95. The summed E-state index contributed by atoms with van der Waals surface area (Å²) in [5, 5.41) is 26.0. The van der Waals surface area contributed by atoms with Crippen LogP contribution in [0.1, 0.15) is 124 Å². The molecule has 0 aromatic carbocycles. The minimum atomic E-state index is -2.09. The highest BCUT2D eigenvalue weighted by atomic mass is 16.6. The van der Waals surface area contributed by atoms with E-state index in [9.17, 15) is 24.6 Å². The number of pyridine rings is 1. The highest BCUT2D eigenvalue weighted by Gasteiger charge is 2.88. The summed E-state index contributed by atoms with van der Waals surface area (Å²) >= 11 is 0. The van der Waals surface area contributed by atoms with Gasteiger partial charge in [0.05, 0.1) is 36.6 Å². The number of hydrogen-bond donors (Lipinski definition) is 2. The molecule has 230 valence electrons. The first-order chi connectivity index (χ1) is 20.1. The first kappa shape index (κ1) is 28.5. The van der Waals surface area contributed by atoms with Gasteiger partial charge in [0.2, 0.25) is 0 Å². The molecular formula is C33H39NO9. The predicted octanol–water partition coefficient (Wildman–Crippen LogP) is 4.32. The van der Waals surface area contributed by atoms with Crippen LogP contribution in [0.5, 0.6) is 0 Å². The van der Waals surface area contributed by atoms with Crippen molar-refractivity contribution < 1.29 is 43.2 Å². The van der Waals surface area contributed by atoms with Crippen molar-refractivity contribution >= 4 is 17.9 Å². The van der Waals surface area contributed by atoms with Gasteiger partial charge in [-0.25, -0.2) is 4.79 Å². The summed E-state index contributed by atoms with van der Waals surface area (Å²) in [6.45, 7) is 11.0. The molecule has 0 amide bonds. The van der Waals surface area contributed by atoms with Crippen molar-refractivity contribution in [1.29, 1.82) is 0 Å². The molecule has 2 aromatic rings. The Kier molecular flexibility index (Phi) is 5.62. The second kappa shape index (κ2) is 8.47. The minimum absolute atomic E-state index is 0.0257. The number of ether oxygens (including phenoxy) is 3. The Morgan fingerprint density at radius 1 is 1.21 bits per heavy atom. The van der Waals surface area contributed by atoms with Crippen LogP contribution >= 0.6 is 0 Å². The number of fused-ring (bicyclic) bond motifs is 3. The SMILES string of the molecule is COC(=O)CC1C2(C)CC3(O)C(O)(c4nc(C(C)C)c5c6c4C(CCC6(C)C(c4ccoc4)OC5=O)C13C)C2OC(C)=O. The zero-order chi connectivity index (χ0) is 31.1. The lowest BCUT2D eigenvalue weighted by Crippen LogP contribution is -2.73. The molecule has 2 bridgehead atoms. The fraction of sp³-hybridized carbons (Fsp3) is 0.636. The second-order valence-electron chi connectivity index (χ2n) is 14.4. The van der Waals surface area contributed by atoms with Gasteiger partial charge in [-0.3, -0.25) is 14.6 Å². The number of rotatable bonds is 5. The molecule has 2 saturated carbocycles. The summed E-state index contributed by atoms with van der Waals surface area (Å²) in [7, 11) is 1.33. The van der Waals surface area contributed by atoms with Gasteiger partial charge >= 0.3 is 17.9 Å². The van der Waals surface area contributed by atoms with E-state index in [0.29, 0.717) is 29.7 Å². The van der Waals surface area contributed by atoms with E-state index >= 15 is 0 Å². The molecule has 10 heteroatoms. The third kappa shape index (κ3) is 3.02. The van der Waals surface area contributed by atoms with Gasteiger partial charge in [-0.05, 0) is 54.2 Å². The Bertz CT molecular complexity index is 1580. The van der Waals surface area contributed by atoms with Crippen molar-refractivity contribution in [2.75, 3.05) is 7.11 Å². The van der Waals surface area contributed by atoms with E-state index in [1.807, 2.05) is 27.7 Å². The van der Waals surface area contributed by atoms with Gasteiger partial charge in [-0.2, -0.15) is 0 Å². The van der Waals surface area contributed by atoms with Gasteiger partial charge in [0, 0.05) is 35.2 Å². The number of esters is 3. The van der Waals surface area contributed by atoms with Gasteiger partial charge in [-0.1, -0.05) is 34.6 Å². The van der Waals surface area contributed by atoms with E-state index in [1.165, 1.54) is 14.0 Å². The summed E-state index contributed by atoms with van der Waals surface area (Å²) in [6.07, 6.45) is 2.58. The molecule has 3 heterocycles. The number of nitrogens with zero attached hydrogens (tertiary/aromatic N) is 1. The molecule has 10 nitrogen and oxygen atoms in total. The number of carbonyl (C=O) groups is 3. The zero-order valence-corrected chi connectivity index (χ0v) is 25.6. The number of aromatic nitrogens is 1. The Hall–Kier alpha value is -3.24. The predicted molar refractivity (Wildman–Crippen MR) is 150 cm³/mol. The number of aliphatic hydroxyl groups is 2. The molecular weight excluding hydrogens is 554 g/mol. The fourth-order valence-electron chi connectivity index (χ4n) is 10.5. The summed E-state index contributed by atoms with van der Waals surface area (Å²) in [4.78, 5) is 44.5. The lowest BCUT2D eigenvalue weighted by Gasteiger charge is -2.66. The summed E-state index contributed by atoms with van der Waals surface area (Å²) in [5.41, 5.74) is -3.28. The van der Waals surface area contributed by atoms with Crippen LogP contribution in [0.4, 0.5) is 0 Å². The lowest BCUT2D eigenvalue weighted by atomic mass is 9.42. The Morgan fingerprint density at radius 2 is 1.93 bits per heavy atom. The standard InChI is InChI=1S/C33H39NO9/c1-15(2)24-22-23-21-18(8-10-29(23,4)26(43-27(22)37)17-9-11-41-13-17)31(6)19(12-20(36)40-7)30(5)14-32(31,38)33(39,25(21)34-24)28(30)42-16(3)35/h9,11,13,15,18-19,26,28,38-39H,8,10,12,14H2,1-7H3. The Labute approximate surface area is 250 Å². The number of methoxy groups -OCH3 is 1. The van der Waals surface area contributed by atoms with Gasteiger partial charge in [0.25, 0.3) is 0 Å². The lowest BCUT2D eigenvalue weighted by molar-refractivity contribution is -0.285. The highest BCUT2D eigenvalue weighted by Crippen LogP contribution is 2.82. The fourth-order valence-corrected chi connectivity index (χ4v) is 10.5. The molecule has 7 rings (SSSR count). The van der Waals surface area contributed by atoms with Crippen LogP contribution < -0.4 is 0 Å². The van der Waals surface area contributed by atoms with Crippen LogP contribution in [0, 0.1) is 16.7 Å². The molecule has 2 fully saturated rings. The first-order valence-electron chi connectivity index (χ1n) is 15.1. The molecule has 1 aliphatic heterocycles. The maximum atomic E-state index is 13.9. The van der Waals surface area contributed by atoms with Crippen molar-refractivity contribution in [3.05, 3.63) is 52.2 Å². The normalized spacial score (nSPS) is 41.6. The smallest absolute Gasteiger partial charge is 0.340 e. The summed E-state index contributed by atoms with van der Waals surface area (Å²) in [6, 6.07) is 1.79. The number of furan rings is 1. The average Bonchev–Trinajstić information content (AvgIpc) is 3.58. The summed E-state index contributed by atoms with van der Waals surface area (Å²) in [5.74, 6) is -2.64. The number of carbonyl (C=O) groups excluding carboxylic acids is 3. The van der Waals surface area contributed by atoms with E-state index in [-0.39, 0.29) is 30.4 Å². The van der Waals surface area contributed by atoms with E-state index in [4.69, 9.17) is 23.6 Å². The third-order valence-corrected chi connectivity index (χ3v) is 12.2. The molecule has 2 N–H and O–H groups in total. The number of cyclic esters (lactones) is 1. The van der Waals surface area contributed by atoms with Crippen molar-refractivity contribution in [3.63, 3.8) is 0 Å². The summed E-state index contributed by atoms with van der Waals surface area (Å²) < 4.78 is 22.6. The molecule has 0 radical (unpaired) electrons. The quantitative estimate of drug-likeness (QED) is 0.380. The zero-order valence-electron chi connectivity index (χ0n) is 25.6. The molecule has 0 spiro atoms. The van der Waals surface area contributed by atoms with Gasteiger partial charge < -0.3 is 28.8 Å². The maximum Gasteiger partial charge on any atom is 0.340 e. The molecule has 9 unspecified atom stereocenters. The topological polar surface area (TPSA) is 145 Å². The maximum absolute atomic E-state index is 13.9. The van der Waals surface area contributed by atoms with Gasteiger partial charge in [0.15, 0.2) is 5.60 Å². The Balaban J connectivity index is 1.60. The van der Waals surface area contributed by atoms with Gasteiger partial charge in [-0.15, -0.1) is 0 Å². The van der Waals surface area contributed by atoms with Crippen LogP contribution in [0.15, 0.2) is 23.0 Å². The van der Waals surface area contributed by atoms with E-state index in [1.54, 1.807) is 18.6 Å². The van der Waals surface area contributed by atoms with Crippen molar-refractivity contribution in [1.82, 2.24) is 4.98 Å². The van der Waals surface area contributed by atoms with Crippen LogP contribution in [-0.4, -0.2) is 51.9 Å². The minimum Gasteiger partial charge on any atom is -0.472 e. The van der Waals surface area contributed by atoms with Crippen LogP contribution in [-0.2, 0) is 34.8 Å². The monoisotopic (exact) mass is 593 g/mol. The van der Waals surface area contributed by atoms with Gasteiger partial charge in [0.1, 0.15) is 17.8 Å². The molecule has 43 heavy (non-hydrogen) atoms. The molecule has 0 saturated heterocycles. The van der Waals surface area contributed by atoms with Crippen LogP contribution in [0.2, 0.25) is 0 Å². The van der Waals surface area contributed by atoms with Crippen LogP contribution in [0.3, 0.4) is 0 Å². The molecule has 5 aliphatic rings. The Morgan fingerprint density at radius 3 is 2.53 bits per heavy atom. The molecule has 4 aliphatic carbocycles. The van der Waals surface area contributed by atoms with E-state index < -0.39 is 63.5 Å². The third-order valence-electron chi connectivity index (χ3n) is 12.2. The first-order valence-corrected chi connectivity index (χ1v) is 15.1. The van der Waals surface area contributed by atoms with E-state index in [2.05, 4.69) is 6.92 Å². The van der Waals surface area contributed by atoms with Crippen molar-refractivity contribution in [2.24, 2.45) is 16.7 Å². The van der Waals surface area contributed by atoms with Crippen LogP contribution in [0.25, 0.3) is 0 Å². The van der Waals surface area contributed by atoms with E-state index in [0.717, 1.165) is 11.1 Å². The number of hydrogen-bond acceptors (Lipinski definition) is 10. The van der Waals surface area contributed by atoms with Crippen molar-refractivity contribution in [2.45, 2.75) is 108 Å². The molecule has 2 aromatic heterocycles. The van der Waals surface area contributed by atoms with Crippen molar-refractivity contribution in [3.8, 4) is 0 Å².